The van der Waals surface area contributed by atoms with Crippen molar-refractivity contribution in [3.8, 4) is 11.3 Å². The minimum absolute atomic E-state index is 0.287. The number of hydrogen-bond acceptors (Lipinski definition) is 3. The third-order valence-corrected chi connectivity index (χ3v) is 4.17. The SMILES string of the molecule is Cc1ccc2nc(CN)c(-c3ccccc3Cl)nc2c1Cl. The van der Waals surface area contributed by atoms with Crippen LogP contribution in [0.1, 0.15) is 11.3 Å². The lowest BCUT2D eigenvalue weighted by Crippen LogP contribution is -2.05. The van der Waals surface area contributed by atoms with Crippen molar-refractivity contribution in [1.29, 1.82) is 0 Å². The first-order valence-corrected chi connectivity index (χ1v) is 7.28. The van der Waals surface area contributed by atoms with Crippen LogP contribution in [0, 0.1) is 6.92 Å². The molecule has 1 aromatic heterocycles. The van der Waals surface area contributed by atoms with E-state index in [-0.39, 0.29) is 6.54 Å². The molecule has 3 rings (SSSR count). The van der Waals surface area contributed by atoms with Gasteiger partial charge in [-0.25, -0.2) is 9.97 Å². The predicted molar refractivity (Wildman–Crippen MR) is 87.6 cm³/mol. The lowest BCUT2D eigenvalue weighted by Gasteiger charge is -2.11. The Morgan fingerprint density at radius 2 is 1.81 bits per heavy atom. The molecule has 0 bridgehead atoms. The van der Waals surface area contributed by atoms with Crippen LogP contribution in [0.25, 0.3) is 22.3 Å². The Labute approximate surface area is 132 Å². The van der Waals surface area contributed by atoms with Gasteiger partial charge in [0, 0.05) is 12.1 Å². The number of hydrogen-bond donors (Lipinski definition) is 1. The molecule has 106 valence electrons. The summed E-state index contributed by atoms with van der Waals surface area (Å²) < 4.78 is 0. The molecule has 0 unspecified atom stereocenters. The molecule has 0 saturated carbocycles. The zero-order valence-electron chi connectivity index (χ0n) is 11.4. The maximum absolute atomic E-state index is 6.35. The molecule has 0 fully saturated rings. The molecule has 0 radical (unpaired) electrons. The van der Waals surface area contributed by atoms with Crippen LogP contribution in [0.4, 0.5) is 0 Å². The number of halogens is 2. The molecule has 0 saturated heterocycles. The van der Waals surface area contributed by atoms with Crippen LogP contribution in [0.5, 0.6) is 0 Å². The van der Waals surface area contributed by atoms with Crippen LogP contribution in [0.2, 0.25) is 10.0 Å². The van der Waals surface area contributed by atoms with Crippen molar-refractivity contribution in [2.24, 2.45) is 5.73 Å². The van der Waals surface area contributed by atoms with E-state index in [1.165, 1.54) is 0 Å². The van der Waals surface area contributed by atoms with Crippen molar-refractivity contribution in [1.82, 2.24) is 9.97 Å². The number of nitrogens with two attached hydrogens (primary N) is 1. The first kappa shape index (κ1) is 14.3. The van der Waals surface area contributed by atoms with Gasteiger partial charge < -0.3 is 5.73 Å². The van der Waals surface area contributed by atoms with Crippen molar-refractivity contribution < 1.29 is 0 Å². The van der Waals surface area contributed by atoms with Crippen molar-refractivity contribution in [2.75, 3.05) is 0 Å². The quantitative estimate of drug-likeness (QED) is 0.763. The smallest absolute Gasteiger partial charge is 0.108 e. The molecule has 0 spiro atoms. The van der Waals surface area contributed by atoms with Crippen LogP contribution in [0.3, 0.4) is 0 Å². The van der Waals surface area contributed by atoms with Gasteiger partial charge in [-0.05, 0) is 24.6 Å². The molecule has 2 aromatic carbocycles. The summed E-state index contributed by atoms with van der Waals surface area (Å²) in [6.45, 7) is 2.23. The molecule has 3 aromatic rings. The van der Waals surface area contributed by atoms with Crippen molar-refractivity contribution in [2.45, 2.75) is 13.5 Å². The second-order valence-corrected chi connectivity index (χ2v) is 5.55. The molecule has 0 aliphatic rings. The molecule has 5 heteroatoms. The van der Waals surface area contributed by atoms with Crippen molar-refractivity contribution in [3.05, 3.63) is 57.7 Å². The predicted octanol–water partition coefficient (Wildman–Crippen LogP) is 4.37. The van der Waals surface area contributed by atoms with Gasteiger partial charge in [-0.2, -0.15) is 0 Å². The Balaban J connectivity index is 2.36. The van der Waals surface area contributed by atoms with Crippen LogP contribution < -0.4 is 5.73 Å². The number of benzene rings is 2. The molecule has 3 nitrogen and oxygen atoms in total. The summed E-state index contributed by atoms with van der Waals surface area (Å²) in [5.41, 5.74) is 10.4. The van der Waals surface area contributed by atoms with Crippen molar-refractivity contribution >= 4 is 34.2 Å². The van der Waals surface area contributed by atoms with Gasteiger partial charge in [0.1, 0.15) is 5.52 Å². The Bertz CT molecular complexity index is 831. The first-order chi connectivity index (χ1) is 10.1. The molecule has 1 heterocycles. The van der Waals surface area contributed by atoms with Gasteiger partial charge in [0.05, 0.1) is 26.9 Å². The molecule has 2 N–H and O–H groups in total. The third-order valence-electron chi connectivity index (χ3n) is 3.36. The largest absolute Gasteiger partial charge is 0.325 e. The fraction of sp³-hybridized carbons (Fsp3) is 0.125. The Morgan fingerprint density at radius 1 is 1.05 bits per heavy atom. The van der Waals surface area contributed by atoms with E-state index in [1.54, 1.807) is 0 Å². The molecule has 0 aliphatic heterocycles. The molecular weight excluding hydrogens is 305 g/mol. The summed E-state index contributed by atoms with van der Waals surface area (Å²) in [5, 5.41) is 1.22. The second-order valence-electron chi connectivity index (χ2n) is 4.77. The summed E-state index contributed by atoms with van der Waals surface area (Å²) in [5.74, 6) is 0. The van der Waals surface area contributed by atoms with Gasteiger partial charge in [0.2, 0.25) is 0 Å². The van der Waals surface area contributed by atoms with Gasteiger partial charge >= 0.3 is 0 Å². The number of fused-ring (bicyclic) bond motifs is 1. The number of aromatic nitrogens is 2. The summed E-state index contributed by atoms with van der Waals surface area (Å²) in [6, 6.07) is 11.3. The summed E-state index contributed by atoms with van der Waals surface area (Å²) in [6.07, 6.45) is 0. The van der Waals surface area contributed by atoms with E-state index in [9.17, 15) is 0 Å². The minimum atomic E-state index is 0.287. The Morgan fingerprint density at radius 3 is 2.52 bits per heavy atom. The lowest BCUT2D eigenvalue weighted by atomic mass is 10.1. The highest BCUT2D eigenvalue weighted by atomic mass is 35.5. The summed E-state index contributed by atoms with van der Waals surface area (Å²) >= 11 is 12.6. The monoisotopic (exact) mass is 317 g/mol. The second kappa shape index (κ2) is 5.60. The Kier molecular flexibility index (Phi) is 3.81. The molecule has 0 atom stereocenters. The van der Waals surface area contributed by atoms with E-state index in [1.807, 2.05) is 43.3 Å². The van der Waals surface area contributed by atoms with Gasteiger partial charge in [-0.3, -0.25) is 0 Å². The Hall–Kier alpha value is -1.68. The highest BCUT2D eigenvalue weighted by Gasteiger charge is 2.14. The molecule has 0 amide bonds. The normalized spacial score (nSPS) is 11.0. The minimum Gasteiger partial charge on any atom is -0.325 e. The average molecular weight is 318 g/mol. The average Bonchev–Trinajstić information content (AvgIpc) is 2.50. The highest BCUT2D eigenvalue weighted by Crippen LogP contribution is 2.32. The van der Waals surface area contributed by atoms with Gasteiger partial charge in [0.25, 0.3) is 0 Å². The highest BCUT2D eigenvalue weighted by molar-refractivity contribution is 6.36. The maximum atomic E-state index is 6.35. The third kappa shape index (κ3) is 2.48. The van der Waals surface area contributed by atoms with Gasteiger partial charge in [-0.1, -0.05) is 47.5 Å². The van der Waals surface area contributed by atoms with E-state index in [0.717, 1.165) is 16.6 Å². The fourth-order valence-electron chi connectivity index (χ4n) is 2.24. The topological polar surface area (TPSA) is 51.8 Å². The van der Waals surface area contributed by atoms with Crippen LogP contribution in [-0.2, 0) is 6.54 Å². The number of nitrogens with zero attached hydrogens (tertiary/aromatic N) is 2. The van der Waals surface area contributed by atoms with E-state index in [4.69, 9.17) is 28.9 Å². The first-order valence-electron chi connectivity index (χ1n) is 6.52. The van der Waals surface area contributed by atoms with Crippen LogP contribution in [0.15, 0.2) is 36.4 Å². The summed E-state index contributed by atoms with van der Waals surface area (Å²) in [4.78, 5) is 9.26. The lowest BCUT2D eigenvalue weighted by molar-refractivity contribution is 0.992. The van der Waals surface area contributed by atoms with E-state index >= 15 is 0 Å². The van der Waals surface area contributed by atoms with Gasteiger partial charge in [0.15, 0.2) is 0 Å². The van der Waals surface area contributed by atoms with Crippen LogP contribution >= 0.6 is 23.2 Å². The zero-order chi connectivity index (χ0) is 15.0. The fourth-order valence-corrected chi connectivity index (χ4v) is 2.67. The standard InChI is InChI=1S/C16H13Cl2N3/c1-9-6-7-12-16(14(9)18)21-15(13(8-19)20-12)10-4-2-3-5-11(10)17/h2-7H,8,19H2,1H3. The van der Waals surface area contributed by atoms with Crippen LogP contribution in [-0.4, -0.2) is 9.97 Å². The summed E-state index contributed by atoms with van der Waals surface area (Å²) in [7, 11) is 0. The molecule has 0 aliphatic carbocycles. The zero-order valence-corrected chi connectivity index (χ0v) is 12.9. The van der Waals surface area contributed by atoms with E-state index in [0.29, 0.717) is 26.9 Å². The number of aryl methyl sites for hydroxylation is 1. The van der Waals surface area contributed by atoms with E-state index in [2.05, 4.69) is 9.97 Å². The van der Waals surface area contributed by atoms with E-state index < -0.39 is 0 Å². The molecular formula is C16H13Cl2N3. The van der Waals surface area contributed by atoms with Crippen molar-refractivity contribution in [3.63, 3.8) is 0 Å². The maximum Gasteiger partial charge on any atom is 0.108 e. The molecule has 21 heavy (non-hydrogen) atoms. The number of rotatable bonds is 2. The van der Waals surface area contributed by atoms with Gasteiger partial charge in [-0.15, -0.1) is 0 Å².